The van der Waals surface area contributed by atoms with E-state index in [4.69, 9.17) is 0 Å². The number of halogens is 4. The van der Waals surface area contributed by atoms with Crippen molar-refractivity contribution < 1.29 is 13.9 Å². The van der Waals surface area contributed by atoms with Crippen LogP contribution in [-0.2, 0) is 0 Å². The van der Waals surface area contributed by atoms with Gasteiger partial charge in [-0.3, -0.25) is 4.68 Å². The van der Waals surface area contributed by atoms with Crippen LogP contribution >= 0.6 is 31.9 Å². The van der Waals surface area contributed by atoms with E-state index in [1.165, 1.54) is 10.9 Å². The van der Waals surface area contributed by atoms with Crippen LogP contribution in [0.1, 0.15) is 37.3 Å². The molecule has 1 heterocycles. The van der Waals surface area contributed by atoms with Crippen LogP contribution in [0.5, 0.6) is 0 Å². The lowest BCUT2D eigenvalue weighted by molar-refractivity contribution is 0.194. The van der Waals surface area contributed by atoms with Gasteiger partial charge in [-0.2, -0.15) is 5.10 Å². The van der Waals surface area contributed by atoms with Crippen molar-refractivity contribution >= 4 is 31.9 Å². The number of aliphatic hydroxyl groups excluding tert-OH is 1. The van der Waals surface area contributed by atoms with E-state index in [1.807, 2.05) is 13.8 Å². The van der Waals surface area contributed by atoms with Crippen LogP contribution in [0.25, 0.3) is 0 Å². The molecule has 1 atom stereocenters. The Labute approximate surface area is 131 Å². The Morgan fingerprint density at radius 1 is 1.20 bits per heavy atom. The highest BCUT2D eigenvalue weighted by molar-refractivity contribution is 9.10. The van der Waals surface area contributed by atoms with Crippen molar-refractivity contribution in [1.82, 2.24) is 9.78 Å². The Kier molecular flexibility index (Phi) is 4.61. The predicted octanol–water partition coefficient (Wildman–Crippen LogP) is 4.35. The number of aromatic nitrogens is 2. The fraction of sp³-hybridized carbons (Fsp3) is 0.308. The second-order valence-electron chi connectivity index (χ2n) is 4.60. The highest BCUT2D eigenvalue weighted by Crippen LogP contribution is 2.34. The topological polar surface area (TPSA) is 38.0 Å². The summed E-state index contributed by atoms with van der Waals surface area (Å²) in [5.41, 5.74) is -0.0728. The maximum Gasteiger partial charge on any atom is 0.133 e. The van der Waals surface area contributed by atoms with Crippen LogP contribution in [0.3, 0.4) is 0 Å². The average molecular weight is 410 g/mol. The van der Waals surface area contributed by atoms with Crippen LogP contribution in [0, 0.1) is 11.6 Å². The van der Waals surface area contributed by atoms with Crippen molar-refractivity contribution in [1.29, 1.82) is 0 Å². The van der Waals surface area contributed by atoms with E-state index in [0.717, 1.165) is 12.1 Å². The van der Waals surface area contributed by atoms with E-state index in [2.05, 4.69) is 37.0 Å². The molecule has 1 aromatic carbocycles. The van der Waals surface area contributed by atoms with Gasteiger partial charge in [-0.25, -0.2) is 8.78 Å². The molecule has 0 amide bonds. The minimum absolute atomic E-state index is 0.0486. The summed E-state index contributed by atoms with van der Waals surface area (Å²) >= 11 is 6.26. The molecule has 0 saturated heterocycles. The first-order valence-corrected chi connectivity index (χ1v) is 7.47. The van der Waals surface area contributed by atoms with Crippen LogP contribution in [0.4, 0.5) is 8.78 Å². The van der Waals surface area contributed by atoms with Gasteiger partial charge in [0.2, 0.25) is 0 Å². The Balaban J connectivity index is 2.58. The van der Waals surface area contributed by atoms with Crippen LogP contribution in [-0.4, -0.2) is 14.9 Å². The summed E-state index contributed by atoms with van der Waals surface area (Å²) in [7, 11) is 0. The molecule has 7 heteroatoms. The van der Waals surface area contributed by atoms with Gasteiger partial charge in [0.1, 0.15) is 17.7 Å². The summed E-state index contributed by atoms with van der Waals surface area (Å²) < 4.78 is 30.2. The van der Waals surface area contributed by atoms with Gasteiger partial charge in [-0.05, 0) is 41.9 Å². The van der Waals surface area contributed by atoms with Crippen molar-refractivity contribution in [3.8, 4) is 0 Å². The molecule has 20 heavy (non-hydrogen) atoms. The summed E-state index contributed by atoms with van der Waals surface area (Å²) in [4.78, 5) is 0. The number of hydrogen-bond acceptors (Lipinski definition) is 2. The first-order chi connectivity index (χ1) is 9.32. The fourth-order valence-electron chi connectivity index (χ4n) is 1.97. The molecule has 3 nitrogen and oxygen atoms in total. The van der Waals surface area contributed by atoms with E-state index in [0.29, 0.717) is 10.2 Å². The summed E-state index contributed by atoms with van der Waals surface area (Å²) in [5.74, 6) is -1.62. The molecule has 0 bridgehead atoms. The van der Waals surface area contributed by atoms with Crippen LogP contribution < -0.4 is 0 Å². The normalized spacial score (nSPS) is 13.0. The lowest BCUT2D eigenvalue weighted by Crippen LogP contribution is -2.15. The minimum atomic E-state index is -1.44. The minimum Gasteiger partial charge on any atom is -0.382 e. The van der Waals surface area contributed by atoms with E-state index >= 15 is 0 Å². The Hall–Kier alpha value is -0.790. The molecule has 0 radical (unpaired) electrons. The molecule has 2 aromatic rings. The third-order valence-electron chi connectivity index (χ3n) is 2.85. The molecule has 0 aliphatic carbocycles. The Morgan fingerprint density at radius 2 is 1.75 bits per heavy atom. The molecule has 108 valence electrons. The monoisotopic (exact) mass is 408 g/mol. The molecule has 0 fully saturated rings. The third kappa shape index (κ3) is 2.80. The highest BCUT2D eigenvalue weighted by Gasteiger charge is 2.26. The standard InChI is InChI=1S/C13H12Br2F2N2O/c1-6(2)19-12(8(15)5-18-19)13(20)11-9(16)3-7(14)4-10(11)17/h3-6,13,20H,1-2H3. The first-order valence-electron chi connectivity index (χ1n) is 5.88. The van der Waals surface area contributed by atoms with E-state index in [9.17, 15) is 13.9 Å². The zero-order valence-corrected chi connectivity index (χ0v) is 13.9. The Morgan fingerprint density at radius 3 is 2.25 bits per heavy atom. The van der Waals surface area contributed by atoms with E-state index in [1.54, 1.807) is 0 Å². The maximum atomic E-state index is 13.9. The molecular weight excluding hydrogens is 398 g/mol. The SMILES string of the molecule is CC(C)n1ncc(Br)c1C(O)c1c(F)cc(Br)cc1F. The number of aliphatic hydroxyl groups is 1. The van der Waals surface area contributed by atoms with Crippen molar-refractivity contribution in [3.63, 3.8) is 0 Å². The Bertz CT molecular complexity index is 620. The molecule has 0 aliphatic rings. The molecule has 1 aromatic heterocycles. The zero-order valence-electron chi connectivity index (χ0n) is 10.7. The van der Waals surface area contributed by atoms with Gasteiger partial charge in [0.05, 0.1) is 21.9 Å². The summed E-state index contributed by atoms with van der Waals surface area (Å²) in [5, 5.41) is 14.5. The van der Waals surface area contributed by atoms with Crippen molar-refractivity contribution in [3.05, 3.63) is 50.2 Å². The first kappa shape index (κ1) is 15.6. The van der Waals surface area contributed by atoms with Gasteiger partial charge in [-0.1, -0.05) is 15.9 Å². The summed E-state index contributed by atoms with van der Waals surface area (Å²) in [6.45, 7) is 3.73. The molecule has 0 spiro atoms. The lowest BCUT2D eigenvalue weighted by Gasteiger charge is -2.18. The quantitative estimate of drug-likeness (QED) is 0.818. The summed E-state index contributed by atoms with van der Waals surface area (Å²) in [6.07, 6.45) is 0.0510. The van der Waals surface area contributed by atoms with Crippen molar-refractivity contribution in [2.75, 3.05) is 0 Å². The maximum absolute atomic E-state index is 13.9. The highest BCUT2D eigenvalue weighted by atomic mass is 79.9. The molecule has 0 saturated carbocycles. The fourth-order valence-corrected chi connectivity index (χ4v) is 2.86. The lowest BCUT2D eigenvalue weighted by atomic mass is 10.0. The molecule has 1 N–H and O–H groups in total. The largest absolute Gasteiger partial charge is 0.382 e. The van der Waals surface area contributed by atoms with Crippen LogP contribution in [0.2, 0.25) is 0 Å². The molecule has 0 aliphatic heterocycles. The number of hydrogen-bond donors (Lipinski definition) is 1. The molecule has 1 unspecified atom stereocenters. The van der Waals surface area contributed by atoms with Gasteiger partial charge in [0.25, 0.3) is 0 Å². The zero-order chi connectivity index (χ0) is 15.0. The average Bonchev–Trinajstić information content (AvgIpc) is 2.69. The van der Waals surface area contributed by atoms with Gasteiger partial charge >= 0.3 is 0 Å². The molecular formula is C13H12Br2F2N2O. The van der Waals surface area contributed by atoms with Crippen molar-refractivity contribution in [2.24, 2.45) is 0 Å². The summed E-state index contributed by atoms with van der Waals surface area (Å²) in [6, 6.07) is 2.18. The number of nitrogens with zero attached hydrogens (tertiary/aromatic N) is 2. The number of rotatable bonds is 3. The van der Waals surface area contributed by atoms with Gasteiger partial charge in [-0.15, -0.1) is 0 Å². The second-order valence-corrected chi connectivity index (χ2v) is 6.37. The molecule has 2 rings (SSSR count). The van der Waals surface area contributed by atoms with Crippen LogP contribution in [0.15, 0.2) is 27.3 Å². The van der Waals surface area contributed by atoms with Gasteiger partial charge in [0, 0.05) is 10.5 Å². The van der Waals surface area contributed by atoms with E-state index in [-0.39, 0.29) is 10.5 Å². The third-order valence-corrected chi connectivity index (χ3v) is 3.92. The smallest absolute Gasteiger partial charge is 0.133 e. The second kappa shape index (κ2) is 5.91. The number of benzene rings is 1. The van der Waals surface area contributed by atoms with Gasteiger partial charge in [0.15, 0.2) is 0 Å². The van der Waals surface area contributed by atoms with Crippen molar-refractivity contribution in [2.45, 2.75) is 26.0 Å². The van der Waals surface area contributed by atoms with E-state index < -0.39 is 23.3 Å². The van der Waals surface area contributed by atoms with Gasteiger partial charge < -0.3 is 5.11 Å². The predicted molar refractivity (Wildman–Crippen MR) is 78.4 cm³/mol.